The lowest BCUT2D eigenvalue weighted by Crippen LogP contribution is -2.43. The lowest BCUT2D eigenvalue weighted by Gasteiger charge is -2.27. The van der Waals surface area contributed by atoms with Gasteiger partial charge in [0.2, 0.25) is 5.91 Å². The summed E-state index contributed by atoms with van der Waals surface area (Å²) < 4.78 is 5.67. The summed E-state index contributed by atoms with van der Waals surface area (Å²) in [7, 11) is 0. The fourth-order valence-corrected chi connectivity index (χ4v) is 3.67. The van der Waals surface area contributed by atoms with Crippen LogP contribution >= 0.6 is 0 Å². The summed E-state index contributed by atoms with van der Waals surface area (Å²) in [6.07, 6.45) is 3.94. The highest BCUT2D eigenvalue weighted by Gasteiger charge is 2.23. The molecule has 25 heavy (non-hydrogen) atoms. The van der Waals surface area contributed by atoms with Gasteiger partial charge in [-0.1, -0.05) is 30.3 Å². The standard InChI is InChI=1S/C20H31N3O2/c24-20(16-19-17-21-9-15-25-19)23-12-5-11-22(13-14-23)10-4-8-18-6-2-1-3-7-18/h1-3,6-7,19,21H,4-5,8-17H2/t19-/m1/s1. The Balaban J connectivity index is 1.37. The van der Waals surface area contributed by atoms with Gasteiger partial charge in [-0.25, -0.2) is 0 Å². The van der Waals surface area contributed by atoms with Crippen LogP contribution in [0.5, 0.6) is 0 Å². The first kappa shape index (κ1) is 18.4. The van der Waals surface area contributed by atoms with Crippen LogP contribution in [0.4, 0.5) is 0 Å². The summed E-state index contributed by atoms with van der Waals surface area (Å²) in [4.78, 5) is 17.1. The highest BCUT2D eigenvalue weighted by molar-refractivity contribution is 5.76. The smallest absolute Gasteiger partial charge is 0.225 e. The molecule has 3 rings (SSSR count). The molecule has 138 valence electrons. The number of ether oxygens (including phenoxy) is 1. The van der Waals surface area contributed by atoms with Gasteiger partial charge >= 0.3 is 0 Å². The van der Waals surface area contributed by atoms with Crippen LogP contribution in [0.25, 0.3) is 0 Å². The molecule has 0 spiro atoms. The first-order valence-corrected chi connectivity index (χ1v) is 9.67. The molecular weight excluding hydrogens is 314 g/mol. The number of aryl methyl sites for hydroxylation is 1. The van der Waals surface area contributed by atoms with Crippen LogP contribution in [0.3, 0.4) is 0 Å². The van der Waals surface area contributed by atoms with Crippen molar-refractivity contribution in [1.82, 2.24) is 15.1 Å². The summed E-state index contributed by atoms with van der Waals surface area (Å²) >= 11 is 0. The number of rotatable bonds is 6. The number of nitrogens with zero attached hydrogens (tertiary/aromatic N) is 2. The zero-order valence-electron chi connectivity index (χ0n) is 15.2. The molecule has 2 heterocycles. The number of carbonyl (C=O) groups is 1. The molecule has 5 heteroatoms. The summed E-state index contributed by atoms with van der Waals surface area (Å²) in [6, 6.07) is 10.7. The second kappa shape index (κ2) is 9.90. The average Bonchev–Trinajstić information content (AvgIpc) is 2.89. The van der Waals surface area contributed by atoms with E-state index in [0.717, 1.165) is 58.7 Å². The minimum Gasteiger partial charge on any atom is -0.375 e. The first-order chi connectivity index (χ1) is 12.3. The Kier molecular flexibility index (Phi) is 7.27. The molecule has 2 aliphatic rings. The van der Waals surface area contributed by atoms with Gasteiger partial charge in [-0.15, -0.1) is 0 Å². The molecule has 2 saturated heterocycles. The van der Waals surface area contributed by atoms with E-state index < -0.39 is 0 Å². The summed E-state index contributed by atoms with van der Waals surface area (Å²) in [5.41, 5.74) is 1.41. The predicted molar refractivity (Wildman–Crippen MR) is 99.6 cm³/mol. The van der Waals surface area contributed by atoms with Crippen molar-refractivity contribution in [2.24, 2.45) is 0 Å². The molecule has 2 fully saturated rings. The largest absolute Gasteiger partial charge is 0.375 e. The number of benzene rings is 1. The van der Waals surface area contributed by atoms with Crippen molar-refractivity contribution in [3.05, 3.63) is 35.9 Å². The molecule has 1 aromatic carbocycles. The fourth-order valence-electron chi connectivity index (χ4n) is 3.67. The minimum atomic E-state index is 0.0477. The summed E-state index contributed by atoms with van der Waals surface area (Å²) in [6.45, 7) is 7.35. The third-order valence-electron chi connectivity index (χ3n) is 5.13. The molecule has 1 amide bonds. The predicted octanol–water partition coefficient (Wildman–Crippen LogP) is 1.53. The summed E-state index contributed by atoms with van der Waals surface area (Å²) in [5, 5.41) is 3.30. The van der Waals surface area contributed by atoms with Crippen molar-refractivity contribution < 1.29 is 9.53 Å². The quantitative estimate of drug-likeness (QED) is 0.849. The molecule has 0 aromatic heterocycles. The molecular formula is C20H31N3O2. The molecule has 1 aromatic rings. The van der Waals surface area contributed by atoms with E-state index in [2.05, 4.69) is 40.5 Å². The monoisotopic (exact) mass is 345 g/mol. The van der Waals surface area contributed by atoms with Gasteiger partial charge in [0.05, 0.1) is 19.1 Å². The molecule has 0 saturated carbocycles. The second-order valence-corrected chi connectivity index (χ2v) is 7.07. The molecule has 1 atom stereocenters. The van der Waals surface area contributed by atoms with Crippen molar-refractivity contribution in [3.63, 3.8) is 0 Å². The van der Waals surface area contributed by atoms with Crippen LogP contribution in [0.15, 0.2) is 30.3 Å². The summed E-state index contributed by atoms with van der Waals surface area (Å²) in [5.74, 6) is 0.250. The maximum Gasteiger partial charge on any atom is 0.225 e. The van der Waals surface area contributed by atoms with E-state index in [1.807, 2.05) is 4.90 Å². The number of hydrogen-bond donors (Lipinski definition) is 1. The van der Waals surface area contributed by atoms with E-state index in [1.54, 1.807) is 0 Å². The normalized spacial score (nSPS) is 22.6. The third-order valence-corrected chi connectivity index (χ3v) is 5.13. The van der Waals surface area contributed by atoms with Gasteiger partial charge in [-0.2, -0.15) is 0 Å². The Hall–Kier alpha value is -1.43. The average molecular weight is 345 g/mol. The minimum absolute atomic E-state index is 0.0477. The van der Waals surface area contributed by atoms with Gasteiger partial charge in [-0.3, -0.25) is 4.79 Å². The van der Waals surface area contributed by atoms with Gasteiger partial charge in [-0.05, 0) is 37.9 Å². The maximum atomic E-state index is 12.5. The van der Waals surface area contributed by atoms with Crippen molar-refractivity contribution in [2.75, 3.05) is 52.4 Å². The van der Waals surface area contributed by atoms with Crippen LogP contribution in [-0.4, -0.2) is 74.2 Å². The van der Waals surface area contributed by atoms with Crippen LogP contribution in [0.1, 0.15) is 24.8 Å². The van der Waals surface area contributed by atoms with Crippen molar-refractivity contribution in [3.8, 4) is 0 Å². The maximum absolute atomic E-state index is 12.5. The first-order valence-electron chi connectivity index (χ1n) is 9.67. The Morgan fingerprint density at radius 2 is 2.04 bits per heavy atom. The zero-order chi connectivity index (χ0) is 17.3. The van der Waals surface area contributed by atoms with Crippen molar-refractivity contribution >= 4 is 5.91 Å². The van der Waals surface area contributed by atoms with Gasteiger partial charge in [0.15, 0.2) is 0 Å². The molecule has 0 aliphatic carbocycles. The molecule has 0 radical (unpaired) electrons. The number of amides is 1. The van der Waals surface area contributed by atoms with E-state index in [9.17, 15) is 4.79 Å². The number of nitrogens with one attached hydrogen (secondary N) is 1. The lowest BCUT2D eigenvalue weighted by molar-refractivity contribution is -0.134. The van der Waals surface area contributed by atoms with E-state index in [1.165, 1.54) is 12.0 Å². The Labute approximate surface area is 151 Å². The van der Waals surface area contributed by atoms with Gasteiger partial charge < -0.3 is 19.9 Å². The number of carbonyl (C=O) groups excluding carboxylic acids is 1. The highest BCUT2D eigenvalue weighted by atomic mass is 16.5. The van der Waals surface area contributed by atoms with Crippen LogP contribution in [0.2, 0.25) is 0 Å². The van der Waals surface area contributed by atoms with Crippen LogP contribution in [0, 0.1) is 0 Å². The van der Waals surface area contributed by atoms with E-state index in [4.69, 9.17) is 4.74 Å². The second-order valence-electron chi connectivity index (χ2n) is 7.07. The van der Waals surface area contributed by atoms with E-state index in [-0.39, 0.29) is 12.0 Å². The van der Waals surface area contributed by atoms with Crippen LogP contribution in [-0.2, 0) is 16.0 Å². The number of morpholine rings is 1. The molecule has 0 unspecified atom stereocenters. The molecule has 2 aliphatic heterocycles. The SMILES string of the molecule is O=C(C[C@@H]1CNCCO1)N1CCCN(CCCc2ccccc2)CC1. The molecule has 5 nitrogen and oxygen atoms in total. The third kappa shape index (κ3) is 6.10. The fraction of sp³-hybridized carbons (Fsp3) is 0.650. The highest BCUT2D eigenvalue weighted by Crippen LogP contribution is 2.10. The number of hydrogen-bond acceptors (Lipinski definition) is 4. The van der Waals surface area contributed by atoms with Crippen molar-refractivity contribution in [2.45, 2.75) is 31.8 Å². The molecule has 0 bridgehead atoms. The van der Waals surface area contributed by atoms with Gasteiger partial charge in [0.25, 0.3) is 0 Å². The van der Waals surface area contributed by atoms with E-state index in [0.29, 0.717) is 13.0 Å². The topological polar surface area (TPSA) is 44.8 Å². The Morgan fingerprint density at radius 1 is 1.16 bits per heavy atom. The zero-order valence-corrected chi connectivity index (χ0v) is 15.2. The van der Waals surface area contributed by atoms with Crippen LogP contribution < -0.4 is 5.32 Å². The Bertz CT molecular complexity index is 517. The Morgan fingerprint density at radius 3 is 2.84 bits per heavy atom. The van der Waals surface area contributed by atoms with Gasteiger partial charge in [0, 0.05) is 32.7 Å². The molecule has 1 N–H and O–H groups in total. The van der Waals surface area contributed by atoms with Crippen molar-refractivity contribution in [1.29, 1.82) is 0 Å². The van der Waals surface area contributed by atoms with E-state index >= 15 is 0 Å². The van der Waals surface area contributed by atoms with Gasteiger partial charge in [0.1, 0.15) is 0 Å². The lowest BCUT2D eigenvalue weighted by atomic mass is 10.1.